The summed E-state index contributed by atoms with van der Waals surface area (Å²) >= 11 is 0. The molecule has 2 N–H and O–H groups in total. The van der Waals surface area contributed by atoms with E-state index >= 15 is 0 Å². The Morgan fingerprint density at radius 3 is 2.54 bits per heavy atom. The molecule has 0 saturated heterocycles. The van der Waals surface area contributed by atoms with Crippen LogP contribution in [0.5, 0.6) is 5.75 Å². The molecule has 0 spiro atoms. The summed E-state index contributed by atoms with van der Waals surface area (Å²) in [4.78, 5) is 4.09. The normalized spacial score (nSPS) is 12.8. The van der Waals surface area contributed by atoms with Gasteiger partial charge in [0.15, 0.2) is 0 Å². The fraction of sp³-hybridized carbons (Fsp3) is 0.222. The monoisotopic (exact) mass is 362 g/mol. The smallest absolute Gasteiger partial charge is 0.416 e. The fourth-order valence-electron chi connectivity index (χ4n) is 2.58. The lowest BCUT2D eigenvalue weighted by Crippen LogP contribution is -2.23. The first-order chi connectivity index (χ1) is 12.5. The molecular formula is C18H17F3N4O. The van der Waals surface area contributed by atoms with Gasteiger partial charge in [-0.15, -0.1) is 0 Å². The maximum absolute atomic E-state index is 13.0. The Morgan fingerprint density at radius 2 is 1.92 bits per heavy atom. The van der Waals surface area contributed by atoms with Gasteiger partial charge in [-0.05, 0) is 35.4 Å². The van der Waals surface area contributed by atoms with Crippen LogP contribution in [0.2, 0.25) is 0 Å². The summed E-state index contributed by atoms with van der Waals surface area (Å²) < 4.78 is 44.2. The minimum Gasteiger partial charge on any atom is -0.497 e. The van der Waals surface area contributed by atoms with Crippen molar-refractivity contribution in [2.75, 3.05) is 7.11 Å². The van der Waals surface area contributed by atoms with Crippen molar-refractivity contribution in [3.05, 3.63) is 77.4 Å². The number of hydrogen-bond donors (Lipinski definition) is 2. The van der Waals surface area contributed by atoms with Gasteiger partial charge in [-0.3, -0.25) is 10.4 Å². The first kappa shape index (κ1) is 17.9. The number of rotatable bonds is 6. The van der Waals surface area contributed by atoms with Crippen LogP contribution >= 0.6 is 0 Å². The number of aromatic nitrogens is 3. The lowest BCUT2D eigenvalue weighted by Gasteiger charge is -2.18. The third kappa shape index (κ3) is 4.20. The molecule has 26 heavy (non-hydrogen) atoms. The van der Waals surface area contributed by atoms with Crippen LogP contribution in [0.25, 0.3) is 0 Å². The van der Waals surface area contributed by atoms with Gasteiger partial charge in [0.1, 0.15) is 17.9 Å². The van der Waals surface area contributed by atoms with Gasteiger partial charge in [-0.2, -0.15) is 18.3 Å². The van der Waals surface area contributed by atoms with E-state index in [1.807, 2.05) is 24.3 Å². The zero-order chi connectivity index (χ0) is 18.6. The van der Waals surface area contributed by atoms with E-state index in [-0.39, 0.29) is 0 Å². The molecule has 0 radical (unpaired) electrons. The fourth-order valence-corrected chi connectivity index (χ4v) is 2.58. The third-order valence-corrected chi connectivity index (χ3v) is 3.92. The van der Waals surface area contributed by atoms with E-state index in [1.165, 1.54) is 12.4 Å². The van der Waals surface area contributed by atoms with Crippen LogP contribution in [0, 0.1) is 0 Å². The van der Waals surface area contributed by atoms with Crippen LogP contribution in [0.15, 0.2) is 54.9 Å². The van der Waals surface area contributed by atoms with Crippen molar-refractivity contribution in [3.8, 4) is 5.75 Å². The summed E-state index contributed by atoms with van der Waals surface area (Å²) in [5.41, 5.74) is 0.707. The Kier molecular flexibility index (Phi) is 5.22. The van der Waals surface area contributed by atoms with E-state index in [0.717, 1.165) is 23.4 Å². The number of aromatic amines is 1. The van der Waals surface area contributed by atoms with Crippen molar-refractivity contribution < 1.29 is 17.9 Å². The van der Waals surface area contributed by atoms with E-state index in [0.29, 0.717) is 17.9 Å². The predicted octanol–water partition coefficient (Wildman–Crippen LogP) is 3.71. The Bertz CT molecular complexity index is 832. The number of nitrogens with one attached hydrogen (secondary N) is 2. The zero-order valence-electron chi connectivity index (χ0n) is 13.9. The number of alkyl halides is 3. The van der Waals surface area contributed by atoms with E-state index in [9.17, 15) is 13.2 Å². The average molecular weight is 362 g/mol. The first-order valence-corrected chi connectivity index (χ1v) is 7.86. The van der Waals surface area contributed by atoms with Gasteiger partial charge in [-0.1, -0.05) is 24.3 Å². The van der Waals surface area contributed by atoms with Crippen LogP contribution in [-0.2, 0) is 12.7 Å². The van der Waals surface area contributed by atoms with Crippen LogP contribution in [0.3, 0.4) is 0 Å². The minimum absolute atomic E-state index is 0.436. The van der Waals surface area contributed by atoms with Gasteiger partial charge in [0.2, 0.25) is 0 Å². The van der Waals surface area contributed by atoms with E-state index < -0.39 is 17.8 Å². The molecule has 0 aliphatic rings. The molecule has 0 bridgehead atoms. The standard InChI is InChI=1S/C18H17F3N4O/c1-26-15-7-5-12(6-8-15)10-22-16(17-23-11-24-25-17)13-3-2-4-14(9-13)18(19,20)21/h2-9,11,16,22H,10H2,1H3,(H,23,24,25). The number of methoxy groups -OCH3 is 1. The SMILES string of the molecule is COc1ccc(CNC(c2cccc(C(F)(F)F)c2)c2ncn[nH]2)cc1. The molecule has 0 aliphatic carbocycles. The lowest BCUT2D eigenvalue weighted by molar-refractivity contribution is -0.137. The van der Waals surface area contributed by atoms with Crippen molar-refractivity contribution >= 4 is 0 Å². The highest BCUT2D eigenvalue weighted by Gasteiger charge is 2.31. The van der Waals surface area contributed by atoms with Gasteiger partial charge in [0, 0.05) is 6.54 Å². The molecule has 5 nitrogen and oxygen atoms in total. The lowest BCUT2D eigenvalue weighted by atomic mass is 10.0. The molecule has 1 aromatic heterocycles. The Hall–Kier alpha value is -2.87. The maximum atomic E-state index is 13.0. The van der Waals surface area contributed by atoms with Crippen molar-refractivity contribution in [2.45, 2.75) is 18.8 Å². The van der Waals surface area contributed by atoms with Crippen molar-refractivity contribution in [3.63, 3.8) is 0 Å². The van der Waals surface area contributed by atoms with Crippen molar-refractivity contribution in [1.29, 1.82) is 0 Å². The second kappa shape index (κ2) is 7.57. The van der Waals surface area contributed by atoms with Gasteiger partial charge in [0.25, 0.3) is 0 Å². The third-order valence-electron chi connectivity index (χ3n) is 3.92. The predicted molar refractivity (Wildman–Crippen MR) is 89.5 cm³/mol. The molecule has 0 amide bonds. The number of ether oxygens (including phenoxy) is 1. The van der Waals surface area contributed by atoms with Crippen LogP contribution in [-0.4, -0.2) is 22.3 Å². The van der Waals surface area contributed by atoms with Crippen molar-refractivity contribution in [2.24, 2.45) is 0 Å². The van der Waals surface area contributed by atoms with E-state index in [1.54, 1.807) is 13.2 Å². The van der Waals surface area contributed by atoms with Crippen LogP contribution < -0.4 is 10.1 Å². The molecule has 1 atom stereocenters. The van der Waals surface area contributed by atoms with Gasteiger partial charge < -0.3 is 4.74 Å². The van der Waals surface area contributed by atoms with Crippen LogP contribution in [0.4, 0.5) is 13.2 Å². The molecule has 0 aliphatic heterocycles. The Labute approximate surface area is 148 Å². The van der Waals surface area contributed by atoms with E-state index in [4.69, 9.17) is 4.74 Å². The highest BCUT2D eigenvalue weighted by molar-refractivity contribution is 5.32. The van der Waals surface area contributed by atoms with E-state index in [2.05, 4.69) is 20.5 Å². The van der Waals surface area contributed by atoms with Crippen molar-refractivity contribution in [1.82, 2.24) is 20.5 Å². The highest BCUT2D eigenvalue weighted by Crippen LogP contribution is 2.31. The molecule has 8 heteroatoms. The number of halogens is 3. The molecule has 3 rings (SSSR count). The topological polar surface area (TPSA) is 62.8 Å². The molecule has 0 fully saturated rings. The molecule has 2 aromatic carbocycles. The summed E-state index contributed by atoms with van der Waals surface area (Å²) in [6, 6.07) is 12.0. The highest BCUT2D eigenvalue weighted by atomic mass is 19.4. The minimum atomic E-state index is -4.40. The first-order valence-electron chi connectivity index (χ1n) is 7.86. The summed E-state index contributed by atoms with van der Waals surface area (Å²) in [6.07, 6.45) is -3.08. The molecule has 1 heterocycles. The average Bonchev–Trinajstić information content (AvgIpc) is 3.16. The number of benzene rings is 2. The molecule has 1 unspecified atom stereocenters. The second-order valence-corrected chi connectivity index (χ2v) is 5.66. The summed E-state index contributed by atoms with van der Waals surface area (Å²) in [5, 5.41) is 9.76. The summed E-state index contributed by atoms with van der Waals surface area (Å²) in [5.74, 6) is 1.18. The largest absolute Gasteiger partial charge is 0.497 e. The Morgan fingerprint density at radius 1 is 1.15 bits per heavy atom. The van der Waals surface area contributed by atoms with Gasteiger partial charge in [-0.25, -0.2) is 4.98 Å². The molecule has 0 saturated carbocycles. The number of hydrogen-bond acceptors (Lipinski definition) is 4. The molecule has 3 aromatic rings. The second-order valence-electron chi connectivity index (χ2n) is 5.66. The van der Waals surface area contributed by atoms with Crippen LogP contribution in [0.1, 0.15) is 28.6 Å². The van der Waals surface area contributed by atoms with Gasteiger partial charge in [0.05, 0.1) is 18.7 Å². The number of nitrogens with zero attached hydrogens (tertiary/aromatic N) is 2. The summed E-state index contributed by atoms with van der Waals surface area (Å²) in [6.45, 7) is 0.436. The van der Waals surface area contributed by atoms with Gasteiger partial charge >= 0.3 is 6.18 Å². The Balaban J connectivity index is 1.84. The zero-order valence-corrected chi connectivity index (χ0v) is 13.9. The quantitative estimate of drug-likeness (QED) is 0.702. The maximum Gasteiger partial charge on any atom is 0.416 e. The molecular weight excluding hydrogens is 345 g/mol. The molecule has 136 valence electrons. The number of H-pyrrole nitrogens is 1. The summed E-state index contributed by atoms with van der Waals surface area (Å²) in [7, 11) is 1.58.